The van der Waals surface area contributed by atoms with Crippen molar-refractivity contribution in [2.24, 2.45) is 0 Å². The third-order valence-electron chi connectivity index (χ3n) is 3.05. The topological polar surface area (TPSA) is 12.9 Å². The second-order valence-corrected chi connectivity index (χ2v) is 4.69. The summed E-state index contributed by atoms with van der Waals surface area (Å²) in [5, 5.41) is 0. The fraction of sp³-hybridized carbons (Fsp3) is 0.471. The molecule has 18 heavy (non-hydrogen) atoms. The van der Waals surface area contributed by atoms with Crippen LogP contribution < -0.4 is 0 Å². The number of hydrogen-bond donors (Lipinski definition) is 0. The molecule has 0 aliphatic rings. The third-order valence-corrected chi connectivity index (χ3v) is 3.05. The van der Waals surface area contributed by atoms with Crippen molar-refractivity contribution in [2.45, 2.75) is 51.4 Å². The zero-order chi connectivity index (χ0) is 13.1. The molecule has 0 atom stereocenters. The minimum Gasteiger partial charge on any atom is -0.258 e. The van der Waals surface area contributed by atoms with Crippen molar-refractivity contribution in [2.75, 3.05) is 0 Å². The van der Waals surface area contributed by atoms with E-state index >= 15 is 0 Å². The highest BCUT2D eigenvalue weighted by atomic mass is 14.7. The number of hydrogen-bond acceptors (Lipinski definition) is 1. The van der Waals surface area contributed by atoms with E-state index < -0.39 is 0 Å². The van der Waals surface area contributed by atoms with Crippen molar-refractivity contribution in [3.63, 3.8) is 0 Å². The molecule has 0 bridgehead atoms. The van der Waals surface area contributed by atoms with Gasteiger partial charge in [-0.3, -0.25) is 4.98 Å². The third kappa shape index (κ3) is 6.39. The first-order valence-corrected chi connectivity index (χ1v) is 7.03. The maximum Gasteiger partial charge on any atom is 0.0407 e. The van der Waals surface area contributed by atoms with Gasteiger partial charge >= 0.3 is 0 Å². The van der Waals surface area contributed by atoms with Gasteiger partial charge in [0.15, 0.2) is 0 Å². The highest BCUT2D eigenvalue weighted by Crippen LogP contribution is 2.09. The lowest BCUT2D eigenvalue weighted by Crippen LogP contribution is -1.96. The van der Waals surface area contributed by atoms with E-state index in [0.717, 1.165) is 32.1 Å². The molecule has 1 heteroatoms. The van der Waals surface area contributed by atoms with Crippen LogP contribution in [0.2, 0.25) is 0 Å². The number of aryl methyl sites for hydroxylation is 2. The molecule has 1 heterocycles. The van der Waals surface area contributed by atoms with E-state index in [0.29, 0.717) is 0 Å². The van der Waals surface area contributed by atoms with E-state index in [-0.39, 0.29) is 0 Å². The number of allylic oxidation sites excluding steroid dienone is 2. The van der Waals surface area contributed by atoms with Gasteiger partial charge in [-0.05, 0) is 57.1 Å². The van der Waals surface area contributed by atoms with Crippen LogP contribution in [0.5, 0.6) is 0 Å². The lowest BCUT2D eigenvalue weighted by Gasteiger charge is -2.04. The zero-order valence-corrected chi connectivity index (χ0v) is 11.4. The summed E-state index contributed by atoms with van der Waals surface area (Å²) < 4.78 is 0. The van der Waals surface area contributed by atoms with Crippen LogP contribution in [-0.4, -0.2) is 4.98 Å². The van der Waals surface area contributed by atoms with Gasteiger partial charge in [0.05, 0.1) is 0 Å². The number of pyridine rings is 1. The largest absolute Gasteiger partial charge is 0.258 e. The number of unbranched alkanes of at least 4 members (excludes halogenated alkanes) is 4. The molecule has 1 aromatic rings. The molecule has 0 amide bonds. The van der Waals surface area contributed by atoms with Crippen LogP contribution in [0.1, 0.15) is 49.9 Å². The quantitative estimate of drug-likeness (QED) is 0.421. The smallest absolute Gasteiger partial charge is 0.0407 e. The molecule has 0 aliphatic carbocycles. The van der Waals surface area contributed by atoms with Gasteiger partial charge in [0, 0.05) is 11.4 Å². The summed E-state index contributed by atoms with van der Waals surface area (Å²) in [6.45, 7) is 7.49. The Kier molecular flexibility index (Phi) is 7.87. The van der Waals surface area contributed by atoms with Crippen LogP contribution in [0.4, 0.5) is 0 Å². The van der Waals surface area contributed by atoms with E-state index in [9.17, 15) is 0 Å². The predicted molar refractivity (Wildman–Crippen MR) is 79.7 cm³/mol. The maximum atomic E-state index is 4.71. The molecule has 0 aliphatic heterocycles. The highest BCUT2D eigenvalue weighted by Gasteiger charge is 1.98. The lowest BCUT2D eigenvalue weighted by molar-refractivity contribution is 0.676. The molecule has 1 rings (SSSR count). The Hall–Kier alpha value is -1.37. The van der Waals surface area contributed by atoms with Crippen LogP contribution in [0.25, 0.3) is 0 Å². The van der Waals surface area contributed by atoms with E-state index in [4.69, 9.17) is 4.98 Å². The fourth-order valence-corrected chi connectivity index (χ4v) is 2.01. The van der Waals surface area contributed by atoms with Gasteiger partial charge in [0.1, 0.15) is 0 Å². The van der Waals surface area contributed by atoms with Gasteiger partial charge in [-0.1, -0.05) is 24.6 Å². The standard InChI is InChI=1S/C17H25N/c1-3-5-7-8-10-13-17-15-11-14-16(18-17)12-9-6-4-2/h3-4,11,14-15H,1-2,5-10,12-13H2. The molecule has 0 N–H and O–H groups in total. The van der Waals surface area contributed by atoms with Crippen molar-refractivity contribution in [3.05, 3.63) is 54.9 Å². The first-order valence-electron chi connectivity index (χ1n) is 7.03. The fourth-order valence-electron chi connectivity index (χ4n) is 2.01. The second kappa shape index (κ2) is 9.64. The summed E-state index contributed by atoms with van der Waals surface area (Å²) in [7, 11) is 0. The van der Waals surface area contributed by atoms with Crippen molar-refractivity contribution in [3.8, 4) is 0 Å². The number of nitrogens with zero attached hydrogens (tertiary/aromatic N) is 1. The normalized spacial score (nSPS) is 10.2. The van der Waals surface area contributed by atoms with Crippen LogP contribution in [0.3, 0.4) is 0 Å². The average molecular weight is 243 g/mol. The van der Waals surface area contributed by atoms with Crippen LogP contribution in [0, 0.1) is 0 Å². The summed E-state index contributed by atoms with van der Waals surface area (Å²) in [5.74, 6) is 0. The Morgan fingerprint density at radius 1 is 0.833 bits per heavy atom. The maximum absolute atomic E-state index is 4.71. The molecular weight excluding hydrogens is 218 g/mol. The molecule has 0 unspecified atom stereocenters. The first kappa shape index (κ1) is 14.7. The second-order valence-electron chi connectivity index (χ2n) is 4.69. The minimum atomic E-state index is 1.07. The van der Waals surface area contributed by atoms with Gasteiger partial charge in [-0.15, -0.1) is 13.2 Å². The molecule has 0 fully saturated rings. The Labute approximate surface area is 112 Å². The highest BCUT2D eigenvalue weighted by molar-refractivity contribution is 5.11. The molecule has 1 nitrogen and oxygen atoms in total. The van der Waals surface area contributed by atoms with Crippen LogP contribution in [-0.2, 0) is 12.8 Å². The lowest BCUT2D eigenvalue weighted by atomic mass is 10.1. The van der Waals surface area contributed by atoms with Gasteiger partial charge in [-0.25, -0.2) is 0 Å². The predicted octanol–water partition coefficient (Wildman–Crippen LogP) is 4.88. The summed E-state index contributed by atoms with van der Waals surface area (Å²) in [6, 6.07) is 6.41. The molecule has 0 saturated heterocycles. The van der Waals surface area contributed by atoms with Crippen LogP contribution in [0.15, 0.2) is 43.5 Å². The Balaban J connectivity index is 2.29. The Bertz CT molecular complexity index is 354. The first-order chi connectivity index (χ1) is 8.86. The monoisotopic (exact) mass is 243 g/mol. The Morgan fingerprint density at radius 2 is 1.44 bits per heavy atom. The van der Waals surface area contributed by atoms with Crippen molar-refractivity contribution in [1.82, 2.24) is 4.98 Å². The number of aromatic nitrogens is 1. The molecule has 0 spiro atoms. The molecule has 98 valence electrons. The van der Waals surface area contributed by atoms with Crippen molar-refractivity contribution >= 4 is 0 Å². The van der Waals surface area contributed by atoms with E-state index in [1.807, 2.05) is 12.2 Å². The van der Waals surface area contributed by atoms with E-state index in [1.165, 1.54) is 30.7 Å². The Morgan fingerprint density at radius 3 is 2.11 bits per heavy atom. The zero-order valence-electron chi connectivity index (χ0n) is 11.4. The molecule has 1 aromatic heterocycles. The minimum absolute atomic E-state index is 1.07. The van der Waals surface area contributed by atoms with Crippen LogP contribution >= 0.6 is 0 Å². The average Bonchev–Trinajstić information content (AvgIpc) is 2.39. The SMILES string of the molecule is C=CCCCCCc1cccc(CCCC=C)n1. The van der Waals surface area contributed by atoms with Crippen molar-refractivity contribution in [1.29, 1.82) is 0 Å². The summed E-state index contributed by atoms with van der Waals surface area (Å²) in [4.78, 5) is 4.71. The molecular formula is C17H25N. The van der Waals surface area contributed by atoms with Gasteiger partial charge in [0.2, 0.25) is 0 Å². The summed E-state index contributed by atoms with van der Waals surface area (Å²) in [6.07, 6.45) is 13.3. The molecule has 0 aromatic carbocycles. The van der Waals surface area contributed by atoms with Gasteiger partial charge < -0.3 is 0 Å². The number of rotatable bonds is 10. The summed E-state index contributed by atoms with van der Waals surface area (Å²) in [5.41, 5.74) is 2.46. The van der Waals surface area contributed by atoms with Gasteiger partial charge in [-0.2, -0.15) is 0 Å². The molecule has 0 saturated carbocycles. The van der Waals surface area contributed by atoms with Gasteiger partial charge in [0.25, 0.3) is 0 Å². The van der Waals surface area contributed by atoms with Crippen molar-refractivity contribution < 1.29 is 0 Å². The van der Waals surface area contributed by atoms with E-state index in [1.54, 1.807) is 0 Å². The summed E-state index contributed by atoms with van der Waals surface area (Å²) >= 11 is 0. The van der Waals surface area contributed by atoms with E-state index in [2.05, 4.69) is 31.4 Å². The molecule has 0 radical (unpaired) electrons.